The Labute approximate surface area is 134 Å². The molecule has 1 amide bonds. The van der Waals surface area contributed by atoms with Crippen molar-refractivity contribution in [3.8, 4) is 0 Å². The Bertz CT molecular complexity index is 482. The van der Waals surface area contributed by atoms with Crippen molar-refractivity contribution < 1.29 is 9.53 Å². The molecule has 0 bridgehead atoms. The molecule has 22 heavy (non-hydrogen) atoms. The van der Waals surface area contributed by atoms with Crippen LogP contribution in [0.2, 0.25) is 0 Å². The third-order valence-electron chi connectivity index (χ3n) is 4.92. The molecule has 0 saturated carbocycles. The standard InChI is InChI=1S/C19H29NO2/c1-4-17(5-2)20(12-13-22-3)19(21)14-16-11-10-15-8-6-7-9-18(15)16/h6-9,16-17H,4-5,10-14H2,1-3H3. The summed E-state index contributed by atoms with van der Waals surface area (Å²) >= 11 is 0. The predicted octanol–water partition coefficient (Wildman–Crippen LogP) is 3.77. The first kappa shape index (κ1) is 17.0. The first-order chi connectivity index (χ1) is 10.7. The maximum absolute atomic E-state index is 12.8. The van der Waals surface area contributed by atoms with E-state index in [2.05, 4.69) is 38.1 Å². The zero-order chi connectivity index (χ0) is 15.9. The Morgan fingerprint density at radius 1 is 1.32 bits per heavy atom. The lowest BCUT2D eigenvalue weighted by atomic mass is 9.96. The van der Waals surface area contributed by atoms with E-state index in [4.69, 9.17) is 4.74 Å². The van der Waals surface area contributed by atoms with Gasteiger partial charge in [-0.2, -0.15) is 0 Å². The summed E-state index contributed by atoms with van der Waals surface area (Å²) in [7, 11) is 1.70. The number of amides is 1. The van der Waals surface area contributed by atoms with Crippen LogP contribution < -0.4 is 0 Å². The van der Waals surface area contributed by atoms with Gasteiger partial charge in [-0.05, 0) is 42.7 Å². The number of carbonyl (C=O) groups excluding carboxylic acids is 1. The fraction of sp³-hybridized carbons (Fsp3) is 0.632. The van der Waals surface area contributed by atoms with Crippen LogP contribution in [0.1, 0.15) is 56.6 Å². The van der Waals surface area contributed by atoms with Crippen LogP contribution in [0.5, 0.6) is 0 Å². The number of benzene rings is 1. The Morgan fingerprint density at radius 2 is 2.05 bits per heavy atom. The molecule has 0 N–H and O–H groups in total. The van der Waals surface area contributed by atoms with Gasteiger partial charge in [0.1, 0.15) is 0 Å². The summed E-state index contributed by atoms with van der Waals surface area (Å²) in [6.45, 7) is 5.64. The first-order valence-corrected chi connectivity index (χ1v) is 8.57. The third-order valence-corrected chi connectivity index (χ3v) is 4.92. The second kappa shape index (κ2) is 8.33. The molecule has 0 spiro atoms. The molecule has 1 aromatic carbocycles. The molecular weight excluding hydrogens is 274 g/mol. The highest BCUT2D eigenvalue weighted by molar-refractivity contribution is 5.77. The van der Waals surface area contributed by atoms with Gasteiger partial charge in [-0.25, -0.2) is 0 Å². The van der Waals surface area contributed by atoms with E-state index in [0.717, 1.165) is 25.7 Å². The number of hydrogen-bond acceptors (Lipinski definition) is 2. The molecule has 1 atom stereocenters. The van der Waals surface area contributed by atoms with Crippen molar-refractivity contribution in [3.63, 3.8) is 0 Å². The van der Waals surface area contributed by atoms with Crippen LogP contribution in [0, 0.1) is 0 Å². The van der Waals surface area contributed by atoms with Gasteiger partial charge < -0.3 is 9.64 Å². The van der Waals surface area contributed by atoms with Crippen molar-refractivity contribution in [1.29, 1.82) is 0 Å². The Kier molecular flexibility index (Phi) is 6.44. The number of aryl methyl sites for hydroxylation is 1. The average Bonchev–Trinajstić information content (AvgIpc) is 2.94. The van der Waals surface area contributed by atoms with Gasteiger partial charge in [-0.3, -0.25) is 4.79 Å². The van der Waals surface area contributed by atoms with E-state index in [1.165, 1.54) is 11.1 Å². The molecule has 3 heteroatoms. The molecule has 1 aliphatic carbocycles. The number of carbonyl (C=O) groups is 1. The second-order valence-corrected chi connectivity index (χ2v) is 6.19. The SMILES string of the molecule is CCC(CC)N(CCOC)C(=O)CC1CCc2ccccc21. The fourth-order valence-corrected chi connectivity index (χ4v) is 3.62. The topological polar surface area (TPSA) is 29.5 Å². The second-order valence-electron chi connectivity index (χ2n) is 6.19. The van der Waals surface area contributed by atoms with Gasteiger partial charge in [0.15, 0.2) is 0 Å². The van der Waals surface area contributed by atoms with Gasteiger partial charge in [-0.15, -0.1) is 0 Å². The smallest absolute Gasteiger partial charge is 0.223 e. The molecule has 0 fully saturated rings. The number of nitrogens with zero attached hydrogens (tertiary/aromatic N) is 1. The van der Waals surface area contributed by atoms with Crippen molar-refractivity contribution >= 4 is 5.91 Å². The Hall–Kier alpha value is -1.35. The molecule has 1 aromatic rings. The third kappa shape index (κ3) is 3.89. The Morgan fingerprint density at radius 3 is 2.73 bits per heavy atom. The van der Waals surface area contributed by atoms with E-state index < -0.39 is 0 Å². The van der Waals surface area contributed by atoms with Crippen LogP contribution >= 0.6 is 0 Å². The maximum atomic E-state index is 12.8. The molecule has 0 saturated heterocycles. The minimum absolute atomic E-state index is 0.285. The van der Waals surface area contributed by atoms with Gasteiger partial charge in [0.2, 0.25) is 5.91 Å². The molecule has 2 rings (SSSR count). The molecule has 0 radical (unpaired) electrons. The summed E-state index contributed by atoms with van der Waals surface area (Å²) < 4.78 is 5.19. The van der Waals surface area contributed by atoms with Crippen molar-refractivity contribution in [2.45, 2.75) is 57.9 Å². The van der Waals surface area contributed by atoms with Crippen molar-refractivity contribution in [3.05, 3.63) is 35.4 Å². The minimum Gasteiger partial charge on any atom is -0.383 e. The summed E-state index contributed by atoms with van der Waals surface area (Å²) in [5, 5.41) is 0. The lowest BCUT2D eigenvalue weighted by molar-refractivity contribution is -0.134. The lowest BCUT2D eigenvalue weighted by Crippen LogP contribution is -2.42. The van der Waals surface area contributed by atoms with Crippen LogP contribution in [0.4, 0.5) is 0 Å². The van der Waals surface area contributed by atoms with Crippen LogP contribution in [-0.2, 0) is 16.0 Å². The quantitative estimate of drug-likeness (QED) is 0.731. The van der Waals surface area contributed by atoms with Crippen molar-refractivity contribution in [2.24, 2.45) is 0 Å². The Balaban J connectivity index is 2.05. The van der Waals surface area contributed by atoms with E-state index in [1.54, 1.807) is 7.11 Å². The van der Waals surface area contributed by atoms with E-state index in [1.807, 2.05) is 4.90 Å². The van der Waals surface area contributed by atoms with Crippen molar-refractivity contribution in [2.75, 3.05) is 20.3 Å². The number of ether oxygens (including phenoxy) is 1. The largest absolute Gasteiger partial charge is 0.383 e. The number of hydrogen-bond donors (Lipinski definition) is 0. The molecule has 122 valence electrons. The van der Waals surface area contributed by atoms with Crippen LogP contribution in [0.15, 0.2) is 24.3 Å². The number of rotatable bonds is 8. The number of methoxy groups -OCH3 is 1. The van der Waals surface area contributed by atoms with E-state index in [-0.39, 0.29) is 5.91 Å². The summed E-state index contributed by atoms with van der Waals surface area (Å²) in [5.74, 6) is 0.676. The van der Waals surface area contributed by atoms with Gasteiger partial charge in [-0.1, -0.05) is 38.1 Å². The first-order valence-electron chi connectivity index (χ1n) is 8.57. The van der Waals surface area contributed by atoms with Gasteiger partial charge in [0, 0.05) is 26.1 Å². The van der Waals surface area contributed by atoms with E-state index in [9.17, 15) is 4.79 Å². The van der Waals surface area contributed by atoms with E-state index in [0.29, 0.717) is 31.5 Å². The summed E-state index contributed by atoms with van der Waals surface area (Å²) in [6.07, 6.45) is 4.86. The zero-order valence-electron chi connectivity index (χ0n) is 14.2. The molecular formula is C19H29NO2. The highest BCUT2D eigenvalue weighted by Crippen LogP contribution is 2.35. The average molecular weight is 303 g/mol. The number of fused-ring (bicyclic) bond motifs is 1. The maximum Gasteiger partial charge on any atom is 0.223 e. The molecule has 3 nitrogen and oxygen atoms in total. The molecule has 0 aliphatic heterocycles. The fourth-order valence-electron chi connectivity index (χ4n) is 3.62. The van der Waals surface area contributed by atoms with E-state index >= 15 is 0 Å². The van der Waals surface area contributed by atoms with Crippen LogP contribution in [0.3, 0.4) is 0 Å². The van der Waals surface area contributed by atoms with Crippen molar-refractivity contribution in [1.82, 2.24) is 4.90 Å². The summed E-state index contributed by atoms with van der Waals surface area (Å²) in [5.41, 5.74) is 2.80. The molecule has 0 heterocycles. The van der Waals surface area contributed by atoms with Crippen LogP contribution in [-0.4, -0.2) is 37.1 Å². The predicted molar refractivity (Wildman–Crippen MR) is 90.1 cm³/mol. The van der Waals surface area contributed by atoms with Gasteiger partial charge in [0.25, 0.3) is 0 Å². The minimum atomic E-state index is 0.285. The highest BCUT2D eigenvalue weighted by Gasteiger charge is 2.28. The summed E-state index contributed by atoms with van der Waals surface area (Å²) in [4.78, 5) is 14.9. The zero-order valence-corrected chi connectivity index (χ0v) is 14.2. The monoisotopic (exact) mass is 303 g/mol. The van der Waals surface area contributed by atoms with Gasteiger partial charge in [0.05, 0.1) is 6.61 Å². The molecule has 1 unspecified atom stereocenters. The highest BCUT2D eigenvalue weighted by atomic mass is 16.5. The summed E-state index contributed by atoms with van der Waals surface area (Å²) in [6, 6.07) is 8.91. The van der Waals surface area contributed by atoms with Gasteiger partial charge >= 0.3 is 0 Å². The molecule has 1 aliphatic rings. The molecule has 0 aromatic heterocycles. The lowest BCUT2D eigenvalue weighted by Gasteiger charge is -2.31. The normalized spacial score (nSPS) is 16.8. The van der Waals surface area contributed by atoms with Crippen LogP contribution in [0.25, 0.3) is 0 Å².